The summed E-state index contributed by atoms with van der Waals surface area (Å²) in [5.41, 5.74) is 3.27. The number of hydrogen-bond donors (Lipinski definition) is 0. The van der Waals surface area contributed by atoms with E-state index in [0.29, 0.717) is 30.9 Å². The van der Waals surface area contributed by atoms with Crippen LogP contribution in [-0.4, -0.2) is 43.1 Å². The van der Waals surface area contributed by atoms with Crippen molar-refractivity contribution in [2.75, 3.05) is 27.1 Å². The minimum Gasteiger partial charge on any atom is -0.497 e. The van der Waals surface area contributed by atoms with Gasteiger partial charge in [-0.2, -0.15) is 0 Å². The van der Waals surface area contributed by atoms with E-state index in [4.69, 9.17) is 19.2 Å². The lowest BCUT2D eigenvalue weighted by molar-refractivity contribution is 0.0527. The summed E-state index contributed by atoms with van der Waals surface area (Å²) in [4.78, 5) is 19.6. The molecule has 6 nitrogen and oxygen atoms in total. The molecule has 0 bridgehead atoms. The largest absolute Gasteiger partial charge is 0.497 e. The monoisotopic (exact) mass is 606 g/mol. The van der Waals surface area contributed by atoms with Crippen LogP contribution in [0.25, 0.3) is 0 Å². The van der Waals surface area contributed by atoms with Crippen LogP contribution in [0.5, 0.6) is 11.5 Å². The normalized spacial score (nSPS) is 10.8. The Kier molecular flexibility index (Phi) is 11.9. The summed E-state index contributed by atoms with van der Waals surface area (Å²) in [6.07, 6.45) is 1.99. The second-order valence-electron chi connectivity index (χ2n) is 7.39. The first-order valence-electron chi connectivity index (χ1n) is 11.0. The highest BCUT2D eigenvalue weighted by atomic mass is 127. The summed E-state index contributed by atoms with van der Waals surface area (Å²) >= 11 is 1.53. The van der Waals surface area contributed by atoms with Gasteiger partial charge in [0.1, 0.15) is 11.5 Å². The zero-order chi connectivity index (χ0) is 24.3. The zero-order valence-electron chi connectivity index (χ0n) is 20.4. The maximum Gasteiger partial charge on any atom is 0.340 e. The number of para-hydroxylation sites is 1. The van der Waals surface area contributed by atoms with E-state index >= 15 is 0 Å². The molecule has 3 rings (SSSR count). The summed E-state index contributed by atoms with van der Waals surface area (Å²) in [6, 6.07) is 23.3. The van der Waals surface area contributed by atoms with E-state index < -0.39 is 0 Å². The Hall–Kier alpha value is -2.72. The van der Waals surface area contributed by atoms with Crippen molar-refractivity contribution in [3.63, 3.8) is 0 Å². The molecule has 186 valence electrons. The van der Waals surface area contributed by atoms with Crippen LogP contribution in [0.4, 0.5) is 5.69 Å². The molecule has 0 amide bonds. The molecule has 0 aliphatic carbocycles. The van der Waals surface area contributed by atoms with Gasteiger partial charge in [-0.1, -0.05) is 48.2 Å². The zero-order valence-corrected chi connectivity index (χ0v) is 23.5. The van der Waals surface area contributed by atoms with Gasteiger partial charge in [0.05, 0.1) is 32.1 Å². The lowest BCUT2D eigenvalue weighted by Crippen LogP contribution is -2.28. The summed E-state index contributed by atoms with van der Waals surface area (Å²) in [5.74, 6) is 1.25. The van der Waals surface area contributed by atoms with Crippen LogP contribution in [-0.2, 0) is 17.8 Å². The minimum atomic E-state index is -0.376. The number of carbonyl (C=O) groups is 1. The van der Waals surface area contributed by atoms with Crippen molar-refractivity contribution >= 4 is 52.6 Å². The lowest BCUT2D eigenvalue weighted by Gasteiger charge is -2.26. The van der Waals surface area contributed by atoms with Crippen LogP contribution in [0, 0.1) is 0 Å². The fourth-order valence-corrected chi connectivity index (χ4v) is 3.97. The number of hydrogen-bond acceptors (Lipinski definition) is 6. The fourth-order valence-electron chi connectivity index (χ4n) is 3.39. The predicted molar refractivity (Wildman–Crippen MR) is 154 cm³/mol. The molecular weight excluding hydrogens is 575 g/mol. The molecule has 0 atom stereocenters. The van der Waals surface area contributed by atoms with Crippen molar-refractivity contribution in [3.8, 4) is 11.5 Å². The molecule has 0 radical (unpaired) electrons. The second-order valence-corrected chi connectivity index (χ2v) is 8.16. The number of esters is 1. The van der Waals surface area contributed by atoms with Crippen LogP contribution in [0.3, 0.4) is 0 Å². The molecule has 0 heterocycles. The maximum atomic E-state index is 12.5. The maximum absolute atomic E-state index is 12.5. The number of aliphatic imine (C=N–C) groups is 1. The summed E-state index contributed by atoms with van der Waals surface area (Å²) < 4.78 is 15.8. The smallest absolute Gasteiger partial charge is 0.340 e. The summed E-state index contributed by atoms with van der Waals surface area (Å²) in [5, 5.41) is 0.795. The highest BCUT2D eigenvalue weighted by Crippen LogP contribution is 2.25. The third-order valence-electron chi connectivity index (χ3n) is 5.13. The van der Waals surface area contributed by atoms with E-state index in [0.717, 1.165) is 27.8 Å². The first-order chi connectivity index (χ1) is 16.6. The van der Waals surface area contributed by atoms with Gasteiger partial charge in [0.2, 0.25) is 0 Å². The van der Waals surface area contributed by atoms with E-state index in [9.17, 15) is 4.79 Å². The molecule has 0 saturated carbocycles. The molecule has 0 unspecified atom stereocenters. The van der Waals surface area contributed by atoms with Crippen LogP contribution in [0.2, 0.25) is 0 Å². The van der Waals surface area contributed by atoms with Gasteiger partial charge in [0.15, 0.2) is 5.17 Å². The number of amidine groups is 1. The second kappa shape index (κ2) is 14.6. The Bertz CT molecular complexity index is 1060. The molecule has 3 aromatic rings. The molecule has 35 heavy (non-hydrogen) atoms. The standard InChI is InChI=1S/C27H30N2O4S.HI/c1-5-33-26(30)24-8-6-7-9-25(24)28-27(34-4)29(18-20-10-14-22(31-2)15-11-20)19-21-12-16-23(32-3)17-13-21;/h6-17H,5,18-19H2,1-4H3;1H. The van der Waals surface area contributed by atoms with Crippen LogP contribution < -0.4 is 9.47 Å². The Balaban J connectivity index is 0.00000432. The highest BCUT2D eigenvalue weighted by molar-refractivity contribution is 14.0. The minimum absolute atomic E-state index is 0. The molecule has 0 aromatic heterocycles. The van der Waals surface area contributed by atoms with Crippen LogP contribution >= 0.6 is 35.7 Å². The van der Waals surface area contributed by atoms with Gasteiger partial charge in [-0.3, -0.25) is 0 Å². The van der Waals surface area contributed by atoms with Crippen molar-refractivity contribution in [2.45, 2.75) is 20.0 Å². The third-order valence-corrected chi connectivity index (χ3v) is 5.85. The Morgan fingerprint density at radius 1 is 0.857 bits per heavy atom. The first kappa shape index (κ1) is 28.5. The summed E-state index contributed by atoms with van der Waals surface area (Å²) in [6.45, 7) is 3.38. The average molecular weight is 607 g/mol. The average Bonchev–Trinajstić information content (AvgIpc) is 2.88. The Morgan fingerprint density at radius 2 is 1.37 bits per heavy atom. The lowest BCUT2D eigenvalue weighted by atomic mass is 10.1. The summed E-state index contributed by atoms with van der Waals surface area (Å²) in [7, 11) is 3.31. The van der Waals surface area contributed by atoms with E-state index in [1.165, 1.54) is 11.8 Å². The Morgan fingerprint density at radius 3 is 1.83 bits per heavy atom. The number of halogens is 1. The molecule has 0 fully saturated rings. The van der Waals surface area contributed by atoms with Gasteiger partial charge >= 0.3 is 5.97 Å². The molecule has 0 aliphatic heterocycles. The molecule has 0 N–H and O–H groups in total. The number of thioether (sulfide) groups is 1. The molecular formula is C27H31IN2O4S. The van der Waals surface area contributed by atoms with Gasteiger partial charge in [-0.15, -0.1) is 24.0 Å². The van der Waals surface area contributed by atoms with Gasteiger partial charge < -0.3 is 19.1 Å². The number of ether oxygens (including phenoxy) is 3. The molecule has 0 spiro atoms. The van der Waals surface area contributed by atoms with Crippen molar-refractivity contribution in [3.05, 3.63) is 89.5 Å². The quantitative estimate of drug-likeness (QED) is 0.119. The van der Waals surface area contributed by atoms with Crippen molar-refractivity contribution in [2.24, 2.45) is 4.99 Å². The van der Waals surface area contributed by atoms with Gasteiger partial charge in [-0.25, -0.2) is 9.79 Å². The topological polar surface area (TPSA) is 60.4 Å². The van der Waals surface area contributed by atoms with Crippen LogP contribution in [0.15, 0.2) is 77.8 Å². The first-order valence-corrected chi connectivity index (χ1v) is 12.2. The molecule has 0 saturated heterocycles. The number of carbonyl (C=O) groups excluding carboxylic acids is 1. The third kappa shape index (κ3) is 8.17. The van der Waals surface area contributed by atoms with Crippen molar-refractivity contribution in [1.82, 2.24) is 4.90 Å². The number of methoxy groups -OCH3 is 2. The van der Waals surface area contributed by atoms with Gasteiger partial charge in [-0.05, 0) is 60.7 Å². The predicted octanol–water partition coefficient (Wildman–Crippen LogP) is 6.55. The van der Waals surface area contributed by atoms with Gasteiger partial charge in [0, 0.05) is 13.1 Å². The van der Waals surface area contributed by atoms with Gasteiger partial charge in [0.25, 0.3) is 0 Å². The number of nitrogens with zero attached hydrogens (tertiary/aromatic N) is 2. The van der Waals surface area contributed by atoms with E-state index in [1.54, 1.807) is 27.2 Å². The van der Waals surface area contributed by atoms with E-state index in [-0.39, 0.29) is 29.9 Å². The SMILES string of the molecule is CCOC(=O)c1ccccc1N=C(SC)N(Cc1ccc(OC)cc1)Cc1ccc(OC)cc1.I. The van der Waals surface area contributed by atoms with E-state index in [2.05, 4.69) is 4.90 Å². The molecule has 8 heteroatoms. The fraction of sp³-hybridized carbons (Fsp3) is 0.259. The highest BCUT2D eigenvalue weighted by Gasteiger charge is 2.16. The Labute approximate surface area is 228 Å². The van der Waals surface area contributed by atoms with E-state index in [1.807, 2.05) is 73.0 Å². The van der Waals surface area contributed by atoms with Crippen molar-refractivity contribution < 1.29 is 19.0 Å². The van der Waals surface area contributed by atoms with Crippen LogP contribution in [0.1, 0.15) is 28.4 Å². The molecule has 3 aromatic carbocycles. The van der Waals surface area contributed by atoms with Crippen molar-refractivity contribution in [1.29, 1.82) is 0 Å². The number of rotatable bonds is 9. The molecule has 0 aliphatic rings. The number of benzene rings is 3.